The third kappa shape index (κ3) is 3.26. The van der Waals surface area contributed by atoms with Gasteiger partial charge in [0, 0.05) is 19.3 Å². The maximum absolute atomic E-state index is 12.6. The smallest absolute Gasteiger partial charge is 0.244 e. The molecule has 7 heteroatoms. The second-order valence-electron chi connectivity index (χ2n) is 6.46. The highest BCUT2D eigenvalue weighted by Gasteiger charge is 2.28. The molecular weight excluding hydrogens is 340 g/mol. The van der Waals surface area contributed by atoms with Crippen LogP contribution >= 0.6 is 11.6 Å². The lowest BCUT2D eigenvalue weighted by Gasteiger charge is -2.31. The lowest BCUT2D eigenvalue weighted by atomic mass is 9.98. The Morgan fingerprint density at radius 2 is 2.24 bits per heavy atom. The van der Waals surface area contributed by atoms with E-state index in [1.807, 2.05) is 36.1 Å². The van der Waals surface area contributed by atoms with Crippen LogP contribution in [0.2, 0.25) is 5.02 Å². The Morgan fingerprint density at radius 1 is 1.40 bits per heavy atom. The minimum absolute atomic E-state index is 0.0416. The van der Waals surface area contributed by atoms with Gasteiger partial charge in [0.25, 0.3) is 0 Å². The lowest BCUT2D eigenvalue weighted by molar-refractivity contribution is -0.133. The fourth-order valence-corrected chi connectivity index (χ4v) is 3.43. The van der Waals surface area contributed by atoms with Crippen molar-refractivity contribution in [3.63, 3.8) is 0 Å². The van der Waals surface area contributed by atoms with Crippen LogP contribution in [0.15, 0.2) is 34.9 Å². The van der Waals surface area contributed by atoms with Gasteiger partial charge in [0.2, 0.25) is 5.91 Å². The average molecular weight is 359 g/mol. The first-order valence-corrected chi connectivity index (χ1v) is 8.81. The zero-order valence-corrected chi connectivity index (χ0v) is 14.7. The first kappa shape index (κ1) is 16.1. The predicted molar refractivity (Wildman–Crippen MR) is 94.5 cm³/mol. The van der Waals surface area contributed by atoms with Crippen LogP contribution in [0.25, 0.3) is 11.1 Å². The Labute approximate surface area is 150 Å². The number of carbonyl (C=O) groups is 1. The molecule has 0 radical (unpaired) electrons. The zero-order valence-electron chi connectivity index (χ0n) is 14.0. The molecule has 1 fully saturated rings. The molecule has 1 aliphatic rings. The van der Waals surface area contributed by atoms with Gasteiger partial charge in [-0.2, -0.15) is 5.10 Å². The monoisotopic (exact) mass is 358 g/mol. The third-order valence-corrected chi connectivity index (χ3v) is 4.99. The van der Waals surface area contributed by atoms with E-state index >= 15 is 0 Å². The van der Waals surface area contributed by atoms with Gasteiger partial charge in [-0.25, -0.2) is 4.98 Å². The number of amides is 1. The molecular formula is C18H19ClN4O2. The number of carbonyl (C=O) groups excluding carboxylic acids is 1. The second kappa shape index (κ2) is 6.52. The van der Waals surface area contributed by atoms with Gasteiger partial charge in [-0.1, -0.05) is 23.7 Å². The Balaban J connectivity index is 1.47. The van der Waals surface area contributed by atoms with E-state index < -0.39 is 0 Å². The molecule has 0 N–H and O–H groups in total. The molecule has 3 heterocycles. The highest BCUT2D eigenvalue weighted by atomic mass is 35.5. The second-order valence-corrected chi connectivity index (χ2v) is 6.87. The summed E-state index contributed by atoms with van der Waals surface area (Å²) in [7, 11) is 0. The van der Waals surface area contributed by atoms with Crippen LogP contribution in [0, 0.1) is 6.92 Å². The number of nitrogens with zero attached hydrogens (tertiary/aromatic N) is 4. The van der Waals surface area contributed by atoms with Crippen LogP contribution in [0.1, 0.15) is 30.3 Å². The molecule has 1 aliphatic heterocycles. The highest BCUT2D eigenvalue weighted by Crippen LogP contribution is 2.29. The fraction of sp³-hybridized carbons (Fsp3) is 0.389. The quantitative estimate of drug-likeness (QED) is 0.719. The van der Waals surface area contributed by atoms with E-state index in [9.17, 15) is 4.79 Å². The Morgan fingerprint density at radius 3 is 3.00 bits per heavy atom. The molecule has 0 spiro atoms. The van der Waals surface area contributed by atoms with Crippen molar-refractivity contribution in [2.45, 2.75) is 32.2 Å². The van der Waals surface area contributed by atoms with Crippen LogP contribution in [0.3, 0.4) is 0 Å². The van der Waals surface area contributed by atoms with Gasteiger partial charge >= 0.3 is 0 Å². The standard InChI is InChI=1S/C18H19ClN4O2/c1-12-14(19)10-23(21-12)11-17(24)22-8-4-5-13(9-22)18-20-15-6-2-3-7-16(15)25-18/h2-3,6-7,10,13H,4-5,8-9,11H2,1H3/t13-/m0/s1. The number of aromatic nitrogens is 3. The summed E-state index contributed by atoms with van der Waals surface area (Å²) in [5.41, 5.74) is 2.39. The lowest BCUT2D eigenvalue weighted by Crippen LogP contribution is -2.41. The molecule has 2 aromatic heterocycles. The van der Waals surface area contributed by atoms with E-state index in [1.165, 1.54) is 0 Å². The summed E-state index contributed by atoms with van der Waals surface area (Å²) in [5.74, 6) is 0.893. The van der Waals surface area contributed by atoms with Crippen molar-refractivity contribution in [1.29, 1.82) is 0 Å². The summed E-state index contributed by atoms with van der Waals surface area (Å²) in [5, 5.41) is 4.84. The van der Waals surface area contributed by atoms with Gasteiger partial charge in [-0.05, 0) is 31.9 Å². The summed E-state index contributed by atoms with van der Waals surface area (Å²) < 4.78 is 7.49. The molecule has 1 aromatic carbocycles. The zero-order chi connectivity index (χ0) is 17.4. The van der Waals surface area contributed by atoms with Crippen molar-refractivity contribution < 1.29 is 9.21 Å². The van der Waals surface area contributed by atoms with E-state index in [2.05, 4.69) is 10.1 Å². The van der Waals surface area contributed by atoms with Crippen LogP contribution in [-0.2, 0) is 11.3 Å². The van der Waals surface area contributed by atoms with E-state index in [4.69, 9.17) is 16.0 Å². The van der Waals surface area contributed by atoms with Crippen molar-refractivity contribution in [3.05, 3.63) is 47.1 Å². The van der Waals surface area contributed by atoms with Crippen molar-refractivity contribution in [3.8, 4) is 0 Å². The molecule has 4 rings (SSSR count). The van der Waals surface area contributed by atoms with E-state index in [0.717, 1.165) is 42.1 Å². The molecule has 3 aromatic rings. The number of hydrogen-bond acceptors (Lipinski definition) is 4. The number of oxazole rings is 1. The van der Waals surface area contributed by atoms with Crippen LogP contribution in [-0.4, -0.2) is 38.7 Å². The van der Waals surface area contributed by atoms with Crippen molar-refractivity contribution in [2.24, 2.45) is 0 Å². The number of likely N-dealkylation sites (tertiary alicyclic amines) is 1. The van der Waals surface area contributed by atoms with Crippen molar-refractivity contribution in [1.82, 2.24) is 19.7 Å². The molecule has 0 unspecified atom stereocenters. The first-order valence-electron chi connectivity index (χ1n) is 8.43. The van der Waals surface area contributed by atoms with Gasteiger partial charge in [0.15, 0.2) is 11.5 Å². The molecule has 1 saturated heterocycles. The van der Waals surface area contributed by atoms with E-state index in [1.54, 1.807) is 10.9 Å². The number of para-hydroxylation sites is 2. The molecule has 1 amide bonds. The summed E-state index contributed by atoms with van der Waals surface area (Å²) in [4.78, 5) is 19.1. The summed E-state index contributed by atoms with van der Waals surface area (Å²) in [6, 6.07) is 7.74. The molecule has 0 bridgehead atoms. The average Bonchev–Trinajstić information content (AvgIpc) is 3.18. The molecule has 6 nitrogen and oxygen atoms in total. The molecule has 25 heavy (non-hydrogen) atoms. The summed E-state index contributed by atoms with van der Waals surface area (Å²) >= 11 is 6.01. The summed E-state index contributed by atoms with van der Waals surface area (Å²) in [6.07, 6.45) is 3.61. The number of hydrogen-bond donors (Lipinski definition) is 0. The SMILES string of the molecule is Cc1nn(CC(=O)N2CCC[C@H](c3nc4ccccc4o3)C2)cc1Cl. The third-order valence-electron chi connectivity index (χ3n) is 4.62. The number of aryl methyl sites for hydroxylation is 1. The number of fused-ring (bicyclic) bond motifs is 1. The Kier molecular flexibility index (Phi) is 4.21. The highest BCUT2D eigenvalue weighted by molar-refractivity contribution is 6.31. The van der Waals surface area contributed by atoms with Gasteiger partial charge in [-0.3, -0.25) is 9.48 Å². The van der Waals surface area contributed by atoms with Gasteiger partial charge in [0.05, 0.1) is 16.6 Å². The van der Waals surface area contributed by atoms with Crippen LogP contribution in [0.5, 0.6) is 0 Å². The van der Waals surface area contributed by atoms with Crippen LogP contribution < -0.4 is 0 Å². The fourth-order valence-electron chi connectivity index (χ4n) is 3.28. The number of piperidine rings is 1. The van der Waals surface area contributed by atoms with E-state index in [0.29, 0.717) is 11.6 Å². The minimum Gasteiger partial charge on any atom is -0.440 e. The van der Waals surface area contributed by atoms with Gasteiger partial charge < -0.3 is 9.32 Å². The Bertz CT molecular complexity index is 864. The molecule has 0 aliphatic carbocycles. The molecule has 130 valence electrons. The minimum atomic E-state index is 0.0416. The summed E-state index contributed by atoms with van der Waals surface area (Å²) in [6.45, 7) is 3.41. The van der Waals surface area contributed by atoms with Crippen molar-refractivity contribution in [2.75, 3.05) is 13.1 Å². The van der Waals surface area contributed by atoms with Crippen LogP contribution in [0.4, 0.5) is 0 Å². The van der Waals surface area contributed by atoms with Gasteiger partial charge in [-0.15, -0.1) is 0 Å². The van der Waals surface area contributed by atoms with Crippen molar-refractivity contribution >= 4 is 28.6 Å². The normalized spacial score (nSPS) is 18.0. The Hall–Kier alpha value is -2.34. The predicted octanol–water partition coefficient (Wildman–Crippen LogP) is 3.39. The topological polar surface area (TPSA) is 64.2 Å². The molecule has 0 saturated carbocycles. The number of benzene rings is 1. The maximum atomic E-state index is 12.6. The van der Waals surface area contributed by atoms with E-state index in [-0.39, 0.29) is 18.4 Å². The molecule has 1 atom stereocenters. The number of rotatable bonds is 3. The first-order chi connectivity index (χ1) is 12.1. The largest absolute Gasteiger partial charge is 0.440 e. The maximum Gasteiger partial charge on any atom is 0.244 e. The van der Waals surface area contributed by atoms with Gasteiger partial charge in [0.1, 0.15) is 12.1 Å². The number of halogens is 1.